The van der Waals surface area contributed by atoms with Gasteiger partial charge < -0.3 is 0 Å². The van der Waals surface area contributed by atoms with Gasteiger partial charge in [0.1, 0.15) is 0 Å². The molecule has 1 aromatic heterocycles. The predicted molar refractivity (Wildman–Crippen MR) is 113 cm³/mol. The highest BCUT2D eigenvalue weighted by Gasteiger charge is 2.20. The Hall–Kier alpha value is -3.13. The summed E-state index contributed by atoms with van der Waals surface area (Å²) >= 11 is 0. The Kier molecular flexibility index (Phi) is 5.15. The summed E-state index contributed by atoms with van der Waals surface area (Å²) in [5, 5.41) is 5.10. The molecule has 2 heteroatoms. The van der Waals surface area contributed by atoms with Gasteiger partial charge in [-0.2, -0.15) is 5.10 Å². The molecule has 0 atom stereocenters. The van der Waals surface area contributed by atoms with Gasteiger partial charge in [0, 0.05) is 16.7 Å². The fourth-order valence-electron chi connectivity index (χ4n) is 3.52. The van der Waals surface area contributed by atoms with Crippen molar-refractivity contribution in [3.63, 3.8) is 0 Å². The van der Waals surface area contributed by atoms with Crippen LogP contribution in [0, 0.1) is 0 Å². The van der Waals surface area contributed by atoms with Gasteiger partial charge in [-0.25, -0.2) is 4.68 Å². The molecule has 4 aromatic rings. The van der Waals surface area contributed by atoms with Crippen LogP contribution in [0.15, 0.2) is 91.0 Å². The van der Waals surface area contributed by atoms with E-state index in [0.29, 0.717) is 0 Å². The fourth-order valence-corrected chi connectivity index (χ4v) is 3.52. The van der Waals surface area contributed by atoms with E-state index in [0.717, 1.165) is 24.2 Å². The van der Waals surface area contributed by atoms with Gasteiger partial charge in [-0.3, -0.25) is 0 Å². The molecule has 0 radical (unpaired) electrons. The van der Waals surface area contributed by atoms with Gasteiger partial charge in [0.2, 0.25) is 0 Å². The summed E-state index contributed by atoms with van der Waals surface area (Å²) in [5.74, 6) is 0. The molecule has 1 heterocycles. The molecule has 0 bridgehead atoms. The summed E-state index contributed by atoms with van der Waals surface area (Å²) in [7, 11) is 0. The Balaban J connectivity index is 1.99. The summed E-state index contributed by atoms with van der Waals surface area (Å²) in [6.07, 6.45) is 3.34. The maximum Gasteiger partial charge on any atom is 0.0966 e. The van der Waals surface area contributed by atoms with Crippen molar-refractivity contribution in [2.75, 3.05) is 0 Å². The van der Waals surface area contributed by atoms with E-state index in [2.05, 4.69) is 96.5 Å². The minimum absolute atomic E-state index is 1.03. The molecule has 0 unspecified atom stereocenters. The zero-order valence-electron chi connectivity index (χ0n) is 15.7. The molecule has 2 nitrogen and oxygen atoms in total. The maximum atomic E-state index is 5.10. The first-order valence-electron chi connectivity index (χ1n) is 9.66. The van der Waals surface area contributed by atoms with Crippen molar-refractivity contribution in [1.29, 1.82) is 0 Å². The molecule has 0 N–H and O–H groups in total. The van der Waals surface area contributed by atoms with Gasteiger partial charge in [-0.15, -0.1) is 0 Å². The molecule has 0 spiro atoms. The molecule has 27 heavy (non-hydrogen) atoms. The summed E-state index contributed by atoms with van der Waals surface area (Å²) in [4.78, 5) is 0. The lowest BCUT2D eigenvalue weighted by atomic mass is 9.97. The molecular formula is C25H24N2. The van der Waals surface area contributed by atoms with Crippen LogP contribution < -0.4 is 0 Å². The van der Waals surface area contributed by atoms with Crippen LogP contribution in [-0.2, 0) is 6.42 Å². The van der Waals surface area contributed by atoms with Crippen LogP contribution in [0.2, 0.25) is 0 Å². The third-order valence-corrected chi connectivity index (χ3v) is 4.86. The van der Waals surface area contributed by atoms with E-state index in [4.69, 9.17) is 5.10 Å². The van der Waals surface area contributed by atoms with Crippen LogP contribution in [0.3, 0.4) is 0 Å². The molecule has 134 valence electrons. The van der Waals surface area contributed by atoms with Gasteiger partial charge in [0.25, 0.3) is 0 Å². The second-order valence-corrected chi connectivity index (χ2v) is 6.76. The topological polar surface area (TPSA) is 17.8 Å². The smallest absolute Gasteiger partial charge is 0.0966 e. The number of hydrogen-bond donors (Lipinski definition) is 0. The number of rotatable bonds is 6. The second kappa shape index (κ2) is 8.05. The molecular weight excluding hydrogens is 328 g/mol. The van der Waals surface area contributed by atoms with E-state index in [1.165, 1.54) is 28.8 Å². The van der Waals surface area contributed by atoms with Crippen molar-refractivity contribution >= 4 is 0 Å². The lowest BCUT2D eigenvalue weighted by Crippen LogP contribution is -2.00. The average molecular weight is 352 g/mol. The molecule has 0 amide bonds. The van der Waals surface area contributed by atoms with Crippen molar-refractivity contribution in [2.24, 2.45) is 0 Å². The highest BCUT2D eigenvalue weighted by Crippen LogP contribution is 2.35. The lowest BCUT2D eigenvalue weighted by Gasteiger charge is -2.10. The van der Waals surface area contributed by atoms with E-state index in [1.807, 2.05) is 6.07 Å². The zero-order chi connectivity index (χ0) is 18.5. The molecule has 0 saturated carbocycles. The minimum Gasteiger partial charge on any atom is -0.232 e. The van der Waals surface area contributed by atoms with Gasteiger partial charge in [-0.1, -0.05) is 92.2 Å². The van der Waals surface area contributed by atoms with Crippen molar-refractivity contribution in [1.82, 2.24) is 9.78 Å². The van der Waals surface area contributed by atoms with Crippen LogP contribution in [0.5, 0.6) is 0 Å². The third kappa shape index (κ3) is 3.56. The third-order valence-electron chi connectivity index (χ3n) is 4.86. The first kappa shape index (κ1) is 17.3. The number of benzene rings is 3. The fraction of sp³-hybridized carbons (Fsp3) is 0.160. The number of aromatic nitrogens is 2. The van der Waals surface area contributed by atoms with E-state index in [1.54, 1.807) is 0 Å². The van der Waals surface area contributed by atoms with Crippen molar-refractivity contribution in [3.8, 4) is 28.2 Å². The second-order valence-electron chi connectivity index (χ2n) is 6.76. The number of hydrogen-bond acceptors (Lipinski definition) is 1. The van der Waals surface area contributed by atoms with Gasteiger partial charge >= 0.3 is 0 Å². The quantitative estimate of drug-likeness (QED) is 0.385. The highest BCUT2D eigenvalue weighted by atomic mass is 15.3. The Morgan fingerprint density at radius 3 is 1.85 bits per heavy atom. The number of nitrogens with zero attached hydrogens (tertiary/aromatic N) is 2. The number of unbranched alkanes of at least 4 members (excludes halogenated alkanes) is 1. The Morgan fingerprint density at radius 2 is 1.26 bits per heavy atom. The first-order valence-corrected chi connectivity index (χ1v) is 9.66. The summed E-state index contributed by atoms with van der Waals surface area (Å²) < 4.78 is 2.11. The van der Waals surface area contributed by atoms with Crippen LogP contribution in [-0.4, -0.2) is 9.78 Å². The first-order chi connectivity index (χ1) is 13.4. The molecule has 0 fully saturated rings. The van der Waals surface area contributed by atoms with E-state index >= 15 is 0 Å². The highest BCUT2D eigenvalue weighted by molar-refractivity contribution is 5.76. The molecule has 4 rings (SSSR count). The average Bonchev–Trinajstić information content (AvgIpc) is 3.13. The largest absolute Gasteiger partial charge is 0.232 e. The molecule has 0 saturated heterocycles. The van der Waals surface area contributed by atoms with Crippen LogP contribution in [0.4, 0.5) is 0 Å². The van der Waals surface area contributed by atoms with Gasteiger partial charge in [0.05, 0.1) is 17.1 Å². The van der Waals surface area contributed by atoms with Crippen LogP contribution in [0.25, 0.3) is 28.2 Å². The van der Waals surface area contributed by atoms with Crippen molar-refractivity contribution < 1.29 is 0 Å². The minimum atomic E-state index is 1.03. The Bertz CT molecular complexity index is 987. The Labute approximate surface area is 161 Å². The van der Waals surface area contributed by atoms with E-state index in [9.17, 15) is 0 Å². The Morgan fingerprint density at radius 1 is 0.704 bits per heavy atom. The normalized spacial score (nSPS) is 10.9. The summed E-state index contributed by atoms with van der Waals surface area (Å²) in [6, 6.07) is 31.6. The van der Waals surface area contributed by atoms with Crippen molar-refractivity contribution in [3.05, 3.63) is 96.6 Å². The lowest BCUT2D eigenvalue weighted by molar-refractivity contribution is 0.796. The zero-order valence-corrected chi connectivity index (χ0v) is 15.7. The monoisotopic (exact) mass is 352 g/mol. The van der Waals surface area contributed by atoms with E-state index < -0.39 is 0 Å². The predicted octanol–water partition coefficient (Wildman–Crippen LogP) is 6.55. The molecule has 0 aliphatic carbocycles. The van der Waals surface area contributed by atoms with E-state index in [-0.39, 0.29) is 0 Å². The number of para-hydroxylation sites is 1. The maximum absolute atomic E-state index is 5.10. The van der Waals surface area contributed by atoms with Crippen molar-refractivity contribution in [2.45, 2.75) is 26.2 Å². The SMILES string of the molecule is CCCCc1c(-c2ccccc2)nn(-c2ccccc2)c1-c1ccccc1. The molecule has 3 aromatic carbocycles. The van der Waals surface area contributed by atoms with Crippen LogP contribution >= 0.6 is 0 Å². The molecule has 0 aliphatic rings. The summed E-state index contributed by atoms with van der Waals surface area (Å²) in [6.45, 7) is 2.24. The molecule has 0 aliphatic heterocycles. The summed E-state index contributed by atoms with van der Waals surface area (Å²) in [5.41, 5.74) is 7.10. The van der Waals surface area contributed by atoms with Gasteiger partial charge in [-0.05, 0) is 25.0 Å². The standard InChI is InChI=1S/C25H24N2/c1-2-3-19-23-24(20-13-7-4-8-14-20)26-27(22-17-11-6-12-18-22)25(23)21-15-9-5-10-16-21/h4-18H,2-3,19H2,1H3. The van der Waals surface area contributed by atoms with Crippen LogP contribution in [0.1, 0.15) is 25.3 Å². The van der Waals surface area contributed by atoms with Gasteiger partial charge in [0.15, 0.2) is 0 Å².